The van der Waals surface area contributed by atoms with Crippen molar-refractivity contribution < 1.29 is 21.6 Å². The molecule has 0 saturated carbocycles. The van der Waals surface area contributed by atoms with E-state index in [0.717, 1.165) is 10.6 Å². The van der Waals surface area contributed by atoms with Gasteiger partial charge in [-0.05, 0) is 48.5 Å². The molecule has 0 fully saturated rings. The lowest BCUT2D eigenvalue weighted by Gasteiger charge is -2.12. The van der Waals surface area contributed by atoms with Gasteiger partial charge in [0, 0.05) is 43.4 Å². The second kappa shape index (κ2) is 8.58. The average molecular weight is 460 g/mol. The normalized spacial score (nSPS) is 12.0. The van der Waals surface area contributed by atoms with E-state index in [1.54, 1.807) is 30.3 Å². The Morgan fingerprint density at radius 3 is 2.06 bits per heavy atom. The van der Waals surface area contributed by atoms with E-state index in [1.807, 2.05) is 0 Å². The number of nitrogens with zero attached hydrogens (tertiary/aromatic N) is 2. The summed E-state index contributed by atoms with van der Waals surface area (Å²) in [5.74, 6) is -0.390. The SMILES string of the molecule is CN(C)S(=O)(=O)c1ccc(NC(=O)c2ccc(-c3ncccc3S(C)(=O)=O)cc2)cc1. The van der Waals surface area contributed by atoms with Gasteiger partial charge in [-0.3, -0.25) is 9.78 Å². The number of hydrogen-bond donors (Lipinski definition) is 1. The van der Waals surface area contributed by atoms with Crippen LogP contribution in [-0.2, 0) is 19.9 Å². The van der Waals surface area contributed by atoms with Crippen LogP contribution in [0.1, 0.15) is 10.4 Å². The first-order chi connectivity index (χ1) is 14.5. The number of hydrogen-bond acceptors (Lipinski definition) is 6. The third-order valence-electron chi connectivity index (χ3n) is 4.48. The number of carbonyl (C=O) groups is 1. The molecule has 8 nitrogen and oxygen atoms in total. The Hall–Kier alpha value is -3.08. The Labute approximate surface area is 181 Å². The lowest BCUT2D eigenvalue weighted by molar-refractivity contribution is 0.102. The molecule has 1 heterocycles. The maximum atomic E-state index is 12.5. The van der Waals surface area contributed by atoms with Crippen molar-refractivity contribution in [3.8, 4) is 11.3 Å². The highest BCUT2D eigenvalue weighted by molar-refractivity contribution is 7.90. The number of rotatable bonds is 6. The first kappa shape index (κ1) is 22.6. The van der Waals surface area contributed by atoms with Gasteiger partial charge in [-0.2, -0.15) is 0 Å². The molecule has 1 aromatic heterocycles. The summed E-state index contributed by atoms with van der Waals surface area (Å²) < 4.78 is 49.3. The predicted molar refractivity (Wildman–Crippen MR) is 118 cm³/mol. The molecular formula is C21H21N3O5S2. The number of carbonyl (C=O) groups excluding carboxylic acids is 1. The van der Waals surface area contributed by atoms with Gasteiger partial charge in [0.2, 0.25) is 10.0 Å². The van der Waals surface area contributed by atoms with E-state index in [-0.39, 0.29) is 15.7 Å². The van der Waals surface area contributed by atoms with Crippen LogP contribution in [0.25, 0.3) is 11.3 Å². The number of benzene rings is 2. The van der Waals surface area contributed by atoms with Crippen LogP contribution in [0.5, 0.6) is 0 Å². The Balaban J connectivity index is 1.79. The third-order valence-corrected chi connectivity index (χ3v) is 7.44. The summed E-state index contributed by atoms with van der Waals surface area (Å²) >= 11 is 0. The van der Waals surface area contributed by atoms with Crippen molar-refractivity contribution >= 4 is 31.5 Å². The monoisotopic (exact) mass is 459 g/mol. The van der Waals surface area contributed by atoms with Crippen LogP contribution >= 0.6 is 0 Å². The molecule has 3 rings (SSSR count). The number of sulfone groups is 1. The fourth-order valence-corrected chi connectivity index (χ4v) is 4.56. The van der Waals surface area contributed by atoms with E-state index < -0.39 is 19.9 Å². The first-order valence-corrected chi connectivity index (χ1v) is 12.4. The molecule has 0 atom stereocenters. The highest BCUT2D eigenvalue weighted by Gasteiger charge is 2.18. The van der Waals surface area contributed by atoms with Gasteiger partial charge >= 0.3 is 0 Å². The second-order valence-electron chi connectivity index (χ2n) is 6.97. The van der Waals surface area contributed by atoms with Crippen LogP contribution in [0, 0.1) is 0 Å². The van der Waals surface area contributed by atoms with Crippen LogP contribution in [0.15, 0.2) is 76.7 Å². The Morgan fingerprint density at radius 2 is 1.52 bits per heavy atom. The molecule has 0 saturated heterocycles. The van der Waals surface area contributed by atoms with Crippen molar-refractivity contribution in [1.82, 2.24) is 9.29 Å². The van der Waals surface area contributed by atoms with Crippen LogP contribution in [0.2, 0.25) is 0 Å². The van der Waals surface area contributed by atoms with E-state index in [1.165, 1.54) is 50.6 Å². The molecule has 31 heavy (non-hydrogen) atoms. The molecule has 0 spiro atoms. The Bertz CT molecular complexity index is 1320. The summed E-state index contributed by atoms with van der Waals surface area (Å²) in [5.41, 5.74) is 1.67. The second-order valence-corrected chi connectivity index (χ2v) is 11.1. The molecule has 162 valence electrons. The lowest BCUT2D eigenvalue weighted by Crippen LogP contribution is -2.22. The van der Waals surface area contributed by atoms with Crippen molar-refractivity contribution in [2.45, 2.75) is 9.79 Å². The van der Waals surface area contributed by atoms with Gasteiger partial charge in [-0.1, -0.05) is 12.1 Å². The minimum atomic E-state index is -3.55. The quantitative estimate of drug-likeness (QED) is 0.606. The third kappa shape index (κ3) is 4.98. The molecule has 3 aromatic rings. The lowest BCUT2D eigenvalue weighted by atomic mass is 10.1. The van der Waals surface area contributed by atoms with Crippen molar-refractivity contribution in [3.63, 3.8) is 0 Å². The van der Waals surface area contributed by atoms with Crippen LogP contribution in [0.4, 0.5) is 5.69 Å². The molecule has 0 aliphatic heterocycles. The molecule has 0 radical (unpaired) electrons. The Morgan fingerprint density at radius 1 is 0.903 bits per heavy atom. The number of aromatic nitrogens is 1. The van der Waals surface area contributed by atoms with Gasteiger partial charge in [0.1, 0.15) is 0 Å². The summed E-state index contributed by atoms with van der Waals surface area (Å²) in [5, 5.41) is 2.70. The number of pyridine rings is 1. The zero-order valence-corrected chi connectivity index (χ0v) is 18.7. The number of sulfonamides is 1. The van der Waals surface area contributed by atoms with E-state index in [9.17, 15) is 21.6 Å². The first-order valence-electron chi connectivity index (χ1n) is 9.09. The van der Waals surface area contributed by atoms with Crippen LogP contribution in [0.3, 0.4) is 0 Å². The average Bonchev–Trinajstić information content (AvgIpc) is 2.73. The topological polar surface area (TPSA) is 114 Å². The molecule has 1 N–H and O–H groups in total. The highest BCUT2D eigenvalue weighted by atomic mass is 32.2. The van der Waals surface area contributed by atoms with Crippen molar-refractivity contribution in [2.75, 3.05) is 25.7 Å². The smallest absolute Gasteiger partial charge is 0.255 e. The zero-order valence-electron chi connectivity index (χ0n) is 17.1. The van der Waals surface area contributed by atoms with Gasteiger partial charge in [-0.15, -0.1) is 0 Å². The van der Waals surface area contributed by atoms with E-state index in [0.29, 0.717) is 22.5 Å². The summed E-state index contributed by atoms with van der Waals surface area (Å²) in [6.45, 7) is 0. The highest BCUT2D eigenvalue weighted by Crippen LogP contribution is 2.25. The molecule has 0 unspecified atom stereocenters. The summed E-state index contributed by atoms with van der Waals surface area (Å²) in [4.78, 5) is 16.9. The van der Waals surface area contributed by atoms with Crippen molar-refractivity contribution in [2.24, 2.45) is 0 Å². The summed E-state index contributed by atoms with van der Waals surface area (Å²) in [6, 6.07) is 15.3. The summed E-state index contributed by atoms with van der Waals surface area (Å²) in [7, 11) is -4.12. The number of nitrogens with one attached hydrogen (secondary N) is 1. The molecule has 0 aliphatic rings. The number of anilines is 1. The van der Waals surface area contributed by atoms with Gasteiger partial charge in [-0.25, -0.2) is 21.1 Å². The summed E-state index contributed by atoms with van der Waals surface area (Å²) in [6.07, 6.45) is 2.62. The molecular weight excluding hydrogens is 438 g/mol. The van der Waals surface area contributed by atoms with Gasteiger partial charge in [0.05, 0.1) is 15.5 Å². The van der Waals surface area contributed by atoms with Crippen molar-refractivity contribution in [3.05, 3.63) is 72.4 Å². The van der Waals surface area contributed by atoms with E-state index >= 15 is 0 Å². The predicted octanol–water partition coefficient (Wildman–Crippen LogP) is 2.65. The maximum Gasteiger partial charge on any atom is 0.255 e. The molecule has 0 bridgehead atoms. The van der Waals surface area contributed by atoms with Gasteiger partial charge < -0.3 is 5.32 Å². The van der Waals surface area contributed by atoms with Gasteiger partial charge in [0.25, 0.3) is 5.91 Å². The standard InChI is InChI=1S/C21H21N3O5S2/c1-24(2)31(28,29)18-12-10-17(11-13-18)23-21(25)16-8-6-15(7-9-16)20-19(30(3,26)27)5-4-14-22-20/h4-14H,1-3H3,(H,23,25). The zero-order chi connectivity index (χ0) is 22.8. The maximum absolute atomic E-state index is 12.5. The van der Waals surface area contributed by atoms with Crippen LogP contribution in [-0.4, -0.2) is 52.4 Å². The number of amides is 1. The molecule has 0 aliphatic carbocycles. The molecule has 1 amide bonds. The minimum Gasteiger partial charge on any atom is -0.322 e. The minimum absolute atomic E-state index is 0.111. The van der Waals surface area contributed by atoms with Gasteiger partial charge in [0.15, 0.2) is 9.84 Å². The largest absolute Gasteiger partial charge is 0.322 e. The molecule has 2 aromatic carbocycles. The fraction of sp³-hybridized carbons (Fsp3) is 0.143. The van der Waals surface area contributed by atoms with E-state index in [2.05, 4.69) is 10.3 Å². The van der Waals surface area contributed by atoms with E-state index in [4.69, 9.17) is 0 Å². The van der Waals surface area contributed by atoms with Crippen molar-refractivity contribution in [1.29, 1.82) is 0 Å². The Kier molecular flexibility index (Phi) is 6.25. The van der Waals surface area contributed by atoms with Crippen LogP contribution < -0.4 is 5.32 Å². The fourth-order valence-electron chi connectivity index (χ4n) is 2.81. The molecule has 10 heteroatoms.